The van der Waals surface area contributed by atoms with Crippen molar-refractivity contribution >= 4 is 16.9 Å². The van der Waals surface area contributed by atoms with Gasteiger partial charge in [-0.2, -0.15) is 0 Å². The van der Waals surface area contributed by atoms with Crippen LogP contribution in [0, 0.1) is 0 Å². The number of hydrogen-bond acceptors (Lipinski definition) is 4. The molecule has 1 fully saturated rings. The first-order valence-corrected chi connectivity index (χ1v) is 11.7. The highest BCUT2D eigenvalue weighted by Crippen LogP contribution is 2.31. The van der Waals surface area contributed by atoms with E-state index in [1.165, 1.54) is 0 Å². The molecule has 1 amide bonds. The van der Waals surface area contributed by atoms with Gasteiger partial charge in [0.2, 0.25) is 5.91 Å². The van der Waals surface area contributed by atoms with Crippen LogP contribution in [0.5, 0.6) is 11.5 Å². The molecule has 0 saturated carbocycles. The third kappa shape index (κ3) is 4.76. The van der Waals surface area contributed by atoms with Crippen molar-refractivity contribution in [3.63, 3.8) is 0 Å². The summed E-state index contributed by atoms with van der Waals surface area (Å²) in [4.78, 5) is 19.8. The number of amides is 1. The number of likely N-dealkylation sites (tertiary alicyclic amines) is 1. The molecule has 5 rings (SSSR count). The second kappa shape index (κ2) is 10.00. The van der Waals surface area contributed by atoms with E-state index in [1.807, 2.05) is 77.7 Å². The van der Waals surface area contributed by atoms with Gasteiger partial charge in [0.05, 0.1) is 24.8 Å². The van der Waals surface area contributed by atoms with Gasteiger partial charge >= 0.3 is 0 Å². The zero-order valence-corrected chi connectivity index (χ0v) is 19.4. The number of ether oxygens (including phenoxy) is 2. The summed E-state index contributed by atoms with van der Waals surface area (Å²) in [6.07, 6.45) is 1.35. The van der Waals surface area contributed by atoms with E-state index in [0.717, 1.165) is 46.9 Å². The number of aryl methyl sites for hydroxylation is 1. The van der Waals surface area contributed by atoms with E-state index in [0.29, 0.717) is 26.1 Å². The predicted molar refractivity (Wildman–Crippen MR) is 132 cm³/mol. The van der Waals surface area contributed by atoms with Crippen molar-refractivity contribution in [2.75, 3.05) is 20.3 Å². The Balaban J connectivity index is 1.30. The monoisotopic (exact) mass is 455 g/mol. The van der Waals surface area contributed by atoms with Crippen LogP contribution in [0.25, 0.3) is 11.0 Å². The molecule has 1 unspecified atom stereocenters. The number of nitrogens with zero attached hydrogens (tertiary/aromatic N) is 3. The number of carbonyl (C=O) groups excluding carboxylic acids is 1. The summed E-state index contributed by atoms with van der Waals surface area (Å²) in [5, 5.41) is 0. The average molecular weight is 456 g/mol. The highest BCUT2D eigenvalue weighted by Gasteiger charge is 2.33. The van der Waals surface area contributed by atoms with Gasteiger partial charge in [-0.1, -0.05) is 42.5 Å². The Kier molecular flexibility index (Phi) is 6.47. The van der Waals surface area contributed by atoms with E-state index in [9.17, 15) is 4.79 Å². The van der Waals surface area contributed by atoms with E-state index in [1.54, 1.807) is 7.11 Å². The SMILES string of the molecule is COc1ccc(CN2CC(c3nc4ccccc4n3CCCOc3ccccc3)CC2=O)cc1. The van der Waals surface area contributed by atoms with Gasteiger partial charge in [-0.3, -0.25) is 4.79 Å². The number of para-hydroxylation sites is 3. The lowest BCUT2D eigenvalue weighted by Crippen LogP contribution is -2.24. The molecule has 0 bridgehead atoms. The molecule has 174 valence electrons. The second-order valence-corrected chi connectivity index (χ2v) is 8.65. The molecule has 4 aromatic rings. The van der Waals surface area contributed by atoms with Crippen molar-refractivity contribution in [1.29, 1.82) is 0 Å². The Morgan fingerprint density at radius 3 is 2.50 bits per heavy atom. The van der Waals surface area contributed by atoms with E-state index in [-0.39, 0.29) is 11.8 Å². The molecule has 0 N–H and O–H groups in total. The number of methoxy groups -OCH3 is 1. The van der Waals surface area contributed by atoms with Crippen molar-refractivity contribution in [3.8, 4) is 11.5 Å². The van der Waals surface area contributed by atoms with Gasteiger partial charge < -0.3 is 18.9 Å². The average Bonchev–Trinajstić information content (AvgIpc) is 3.43. The minimum absolute atomic E-state index is 0.0770. The molecular weight excluding hydrogens is 426 g/mol. The van der Waals surface area contributed by atoms with Crippen molar-refractivity contribution in [3.05, 3.63) is 90.3 Å². The Morgan fingerprint density at radius 1 is 0.941 bits per heavy atom. The van der Waals surface area contributed by atoms with Crippen molar-refractivity contribution in [2.24, 2.45) is 0 Å². The molecule has 1 aliphatic heterocycles. The van der Waals surface area contributed by atoms with Crippen LogP contribution in [0.3, 0.4) is 0 Å². The van der Waals surface area contributed by atoms with Crippen LogP contribution >= 0.6 is 0 Å². The first-order chi connectivity index (χ1) is 16.7. The Labute approximate surface area is 199 Å². The normalized spacial score (nSPS) is 15.7. The molecule has 3 aromatic carbocycles. The maximum atomic E-state index is 12.9. The first-order valence-electron chi connectivity index (χ1n) is 11.7. The largest absolute Gasteiger partial charge is 0.497 e. The maximum absolute atomic E-state index is 12.9. The molecular formula is C28H29N3O3. The van der Waals surface area contributed by atoms with Gasteiger partial charge in [0.25, 0.3) is 0 Å². The number of aromatic nitrogens is 2. The molecule has 34 heavy (non-hydrogen) atoms. The van der Waals surface area contributed by atoms with Crippen LogP contribution < -0.4 is 9.47 Å². The van der Waals surface area contributed by atoms with Gasteiger partial charge in [0.15, 0.2) is 0 Å². The number of carbonyl (C=O) groups is 1. The summed E-state index contributed by atoms with van der Waals surface area (Å²) in [6.45, 7) is 2.70. The van der Waals surface area contributed by atoms with Crippen LogP contribution in [0.2, 0.25) is 0 Å². The maximum Gasteiger partial charge on any atom is 0.223 e. The van der Waals surface area contributed by atoms with Gasteiger partial charge in [-0.15, -0.1) is 0 Å². The highest BCUT2D eigenvalue weighted by molar-refractivity contribution is 5.81. The highest BCUT2D eigenvalue weighted by atomic mass is 16.5. The summed E-state index contributed by atoms with van der Waals surface area (Å²) in [5.41, 5.74) is 3.18. The Morgan fingerprint density at radius 2 is 1.71 bits per heavy atom. The minimum atomic E-state index is 0.0770. The number of imidazole rings is 1. The van der Waals surface area contributed by atoms with Crippen molar-refractivity contribution < 1.29 is 14.3 Å². The van der Waals surface area contributed by atoms with Crippen molar-refractivity contribution in [2.45, 2.75) is 31.8 Å². The van der Waals surface area contributed by atoms with Gasteiger partial charge in [-0.25, -0.2) is 4.98 Å². The lowest BCUT2D eigenvalue weighted by molar-refractivity contribution is -0.128. The quantitative estimate of drug-likeness (QED) is 0.332. The first kappa shape index (κ1) is 22.0. The fraction of sp³-hybridized carbons (Fsp3) is 0.286. The lowest BCUT2D eigenvalue weighted by Gasteiger charge is -2.18. The van der Waals surface area contributed by atoms with E-state index >= 15 is 0 Å². The van der Waals surface area contributed by atoms with Gasteiger partial charge in [0.1, 0.15) is 17.3 Å². The number of hydrogen-bond donors (Lipinski definition) is 0. The Hall–Kier alpha value is -3.80. The molecule has 0 spiro atoms. The van der Waals surface area contributed by atoms with Crippen molar-refractivity contribution in [1.82, 2.24) is 14.5 Å². The fourth-order valence-corrected chi connectivity index (χ4v) is 4.62. The summed E-state index contributed by atoms with van der Waals surface area (Å²) >= 11 is 0. The number of rotatable bonds is 9. The van der Waals surface area contributed by atoms with E-state index < -0.39 is 0 Å². The zero-order chi connectivity index (χ0) is 23.3. The van der Waals surface area contributed by atoms with Crippen LogP contribution in [-0.4, -0.2) is 40.6 Å². The summed E-state index contributed by atoms with van der Waals surface area (Å²) in [6, 6.07) is 26.0. The van der Waals surface area contributed by atoms with Crippen LogP contribution in [0.1, 0.15) is 30.1 Å². The smallest absolute Gasteiger partial charge is 0.223 e. The molecule has 0 aliphatic carbocycles. The molecule has 1 atom stereocenters. The fourth-order valence-electron chi connectivity index (χ4n) is 4.62. The zero-order valence-electron chi connectivity index (χ0n) is 19.4. The molecule has 1 aromatic heterocycles. The van der Waals surface area contributed by atoms with Crippen LogP contribution in [0.15, 0.2) is 78.9 Å². The lowest BCUT2D eigenvalue weighted by atomic mass is 10.1. The molecule has 1 aliphatic rings. The summed E-state index contributed by atoms with van der Waals surface area (Å²) in [5.74, 6) is 2.94. The molecule has 0 radical (unpaired) electrons. The predicted octanol–water partition coefficient (Wildman–Crippen LogP) is 5.03. The number of fused-ring (bicyclic) bond motifs is 1. The minimum Gasteiger partial charge on any atom is -0.497 e. The van der Waals surface area contributed by atoms with E-state index in [4.69, 9.17) is 14.5 Å². The second-order valence-electron chi connectivity index (χ2n) is 8.65. The summed E-state index contributed by atoms with van der Waals surface area (Å²) < 4.78 is 13.4. The molecule has 1 saturated heterocycles. The third-order valence-electron chi connectivity index (χ3n) is 6.33. The molecule has 6 nitrogen and oxygen atoms in total. The topological polar surface area (TPSA) is 56.6 Å². The standard InChI is InChI=1S/C28H29N3O3/c1-33-23-14-12-21(13-15-23)19-30-20-22(18-27(30)32)28-29-25-10-5-6-11-26(25)31(28)16-7-17-34-24-8-3-2-4-9-24/h2-6,8-15,22H,7,16-20H2,1H3. The van der Waals surface area contributed by atoms with Crippen LogP contribution in [0.4, 0.5) is 0 Å². The molecule has 2 heterocycles. The molecule has 6 heteroatoms. The van der Waals surface area contributed by atoms with E-state index in [2.05, 4.69) is 10.6 Å². The van der Waals surface area contributed by atoms with Crippen LogP contribution in [-0.2, 0) is 17.9 Å². The Bertz CT molecular complexity index is 1250. The van der Waals surface area contributed by atoms with Gasteiger partial charge in [0, 0.05) is 32.0 Å². The van der Waals surface area contributed by atoms with Gasteiger partial charge in [-0.05, 0) is 48.4 Å². The third-order valence-corrected chi connectivity index (χ3v) is 6.33. The summed E-state index contributed by atoms with van der Waals surface area (Å²) in [7, 11) is 1.66. The number of benzene rings is 3.